The third kappa shape index (κ3) is 5.13. The van der Waals surface area contributed by atoms with Gasteiger partial charge in [-0.3, -0.25) is 14.4 Å². The number of rotatable bonds is 7. The van der Waals surface area contributed by atoms with Crippen LogP contribution >= 0.6 is 0 Å². The van der Waals surface area contributed by atoms with Gasteiger partial charge in [-0.2, -0.15) is 13.2 Å². The Morgan fingerprint density at radius 3 is 2.42 bits per heavy atom. The first-order chi connectivity index (χ1) is 21.0. The smallest absolute Gasteiger partial charge is 0.401 e. The number of carbonyl (C=O) groups excluding carboxylic acids is 3. The number of aliphatic hydroxyl groups is 3. The van der Waals surface area contributed by atoms with Crippen LogP contribution in [0.4, 0.5) is 13.2 Å². The molecule has 45 heavy (non-hydrogen) atoms. The van der Waals surface area contributed by atoms with Gasteiger partial charge in [-0.25, -0.2) is 0 Å². The minimum absolute atomic E-state index is 0.0443. The van der Waals surface area contributed by atoms with Gasteiger partial charge in [0.05, 0.1) is 19.2 Å². The van der Waals surface area contributed by atoms with Crippen LogP contribution in [0, 0.1) is 23.7 Å². The minimum atomic E-state index is -4.40. The van der Waals surface area contributed by atoms with Gasteiger partial charge in [0.2, 0.25) is 5.78 Å². The number of nitrogens with one attached hydrogen (secondary N) is 1. The molecule has 2 aromatic rings. The highest BCUT2D eigenvalue weighted by Crippen LogP contribution is 2.55. The molecule has 0 aromatic heterocycles. The van der Waals surface area contributed by atoms with Crippen LogP contribution in [-0.2, 0) is 27.3 Å². The fraction of sp³-hybridized carbons (Fsp3) is 0.406. The molecule has 0 saturated heterocycles. The van der Waals surface area contributed by atoms with Crippen molar-refractivity contribution in [1.29, 1.82) is 0 Å². The second-order valence-electron chi connectivity index (χ2n) is 12.1. The number of phenols is 1. The van der Waals surface area contributed by atoms with E-state index in [0.29, 0.717) is 28.0 Å². The van der Waals surface area contributed by atoms with Crippen molar-refractivity contribution in [3.63, 3.8) is 0 Å². The van der Waals surface area contributed by atoms with Crippen molar-refractivity contribution in [2.45, 2.75) is 45.0 Å². The summed E-state index contributed by atoms with van der Waals surface area (Å²) in [5.74, 6) is -8.52. The molecule has 0 spiro atoms. The highest BCUT2D eigenvalue weighted by Gasteiger charge is 2.64. The molecular formula is C32H33F3N2O8. The molecule has 1 fully saturated rings. The van der Waals surface area contributed by atoms with Crippen molar-refractivity contribution < 1.29 is 52.7 Å². The number of aromatic hydroxyl groups is 1. The van der Waals surface area contributed by atoms with Gasteiger partial charge in [0.25, 0.3) is 5.91 Å². The molecule has 0 radical (unpaired) electrons. The van der Waals surface area contributed by atoms with Gasteiger partial charge in [-0.15, -0.1) is 0 Å². The van der Waals surface area contributed by atoms with Crippen molar-refractivity contribution in [1.82, 2.24) is 5.32 Å². The van der Waals surface area contributed by atoms with Crippen molar-refractivity contribution in [2.75, 3.05) is 13.7 Å². The van der Waals surface area contributed by atoms with E-state index < -0.39 is 82.3 Å². The number of methoxy groups -OCH3 is 1. The molecule has 3 aliphatic rings. The third-order valence-corrected chi connectivity index (χ3v) is 9.06. The van der Waals surface area contributed by atoms with Crippen molar-refractivity contribution in [3.8, 4) is 22.6 Å². The number of hydrogen-bond acceptors (Lipinski definition) is 9. The Labute approximate surface area is 256 Å². The number of amides is 1. The molecule has 1 amide bonds. The molecule has 4 atom stereocenters. The van der Waals surface area contributed by atoms with Crippen LogP contribution in [0.25, 0.3) is 16.9 Å². The molecule has 1 saturated carbocycles. The van der Waals surface area contributed by atoms with E-state index in [-0.39, 0.29) is 30.5 Å². The lowest BCUT2D eigenvalue weighted by Crippen LogP contribution is -2.62. The monoisotopic (exact) mass is 630 g/mol. The Hall–Kier alpha value is -4.36. The Bertz CT molecular complexity index is 1680. The molecule has 7 N–H and O–H groups in total. The van der Waals surface area contributed by atoms with E-state index in [0.717, 1.165) is 0 Å². The summed E-state index contributed by atoms with van der Waals surface area (Å²) < 4.78 is 43.7. The maximum absolute atomic E-state index is 14.1. The number of primary amides is 1. The molecular weight excluding hydrogens is 597 g/mol. The van der Waals surface area contributed by atoms with Crippen LogP contribution in [-0.4, -0.2) is 63.3 Å². The quantitative estimate of drug-likeness (QED) is 0.249. The van der Waals surface area contributed by atoms with E-state index in [1.165, 1.54) is 13.2 Å². The number of halogens is 3. The Morgan fingerprint density at radius 2 is 1.82 bits per heavy atom. The van der Waals surface area contributed by atoms with Gasteiger partial charge < -0.3 is 36.2 Å². The Kier molecular flexibility index (Phi) is 7.99. The van der Waals surface area contributed by atoms with E-state index in [1.54, 1.807) is 38.1 Å². The molecule has 240 valence electrons. The predicted octanol–water partition coefficient (Wildman–Crippen LogP) is 3.63. The second kappa shape index (κ2) is 11.2. The standard InChI is InChI=1S/C32H33F3N2O8/c1-13(2)22-19-10-15-9-18-16(17-8-14(4-7-21(17)45-3)11-37-12-31(33,34)35)5-6-20(38)24(18)27(40)23(15)28(41)32(19,44)29(42)25(26(22)39)30(36)43/h4-8,13,15,19,22,37-38,40,42,44H,9-12H2,1-3H3,(H2,36,43)/t15-,19-,22-,32-/m0/s1. The number of Topliss-reactive ketones (excluding diaryl/α,β-unsaturated/α-hetero) is 2. The zero-order chi connectivity index (χ0) is 33.2. The highest BCUT2D eigenvalue weighted by molar-refractivity contribution is 6.23. The first-order valence-corrected chi connectivity index (χ1v) is 14.3. The fourth-order valence-electron chi connectivity index (χ4n) is 7.16. The zero-order valence-electron chi connectivity index (χ0n) is 24.7. The second-order valence-corrected chi connectivity index (χ2v) is 12.1. The molecule has 0 heterocycles. The summed E-state index contributed by atoms with van der Waals surface area (Å²) >= 11 is 0. The minimum Gasteiger partial charge on any atom is -0.508 e. The van der Waals surface area contributed by atoms with Gasteiger partial charge in [0, 0.05) is 29.5 Å². The molecule has 0 aliphatic heterocycles. The SMILES string of the molecule is COc1ccc(CNCC(F)(F)F)cc1-c1ccc(O)c2c1C[C@H]1C[C@H]3[C@H](C(C)C)C(=O)C(C(N)=O)=C(O)[C@@]3(O)C(=O)C1=C2O. The number of ketones is 2. The van der Waals surface area contributed by atoms with Crippen molar-refractivity contribution >= 4 is 23.2 Å². The summed E-state index contributed by atoms with van der Waals surface area (Å²) in [6.45, 7) is 2.04. The van der Waals surface area contributed by atoms with Gasteiger partial charge in [-0.1, -0.05) is 26.0 Å². The number of benzene rings is 2. The Balaban J connectivity index is 1.66. The number of carbonyl (C=O) groups is 3. The predicted molar refractivity (Wildman–Crippen MR) is 155 cm³/mol. The van der Waals surface area contributed by atoms with Gasteiger partial charge >= 0.3 is 6.18 Å². The number of alkyl halides is 3. The van der Waals surface area contributed by atoms with Crippen LogP contribution in [0.2, 0.25) is 0 Å². The molecule has 13 heteroatoms. The van der Waals surface area contributed by atoms with Gasteiger partial charge in [-0.05, 0) is 59.6 Å². The van der Waals surface area contributed by atoms with Gasteiger partial charge in [0.1, 0.15) is 28.6 Å². The average Bonchev–Trinajstić information content (AvgIpc) is 2.94. The van der Waals surface area contributed by atoms with Crippen LogP contribution in [0.5, 0.6) is 11.5 Å². The lowest BCUT2D eigenvalue weighted by atomic mass is 9.54. The molecule has 0 bridgehead atoms. The summed E-state index contributed by atoms with van der Waals surface area (Å²) in [6, 6.07) is 7.65. The summed E-state index contributed by atoms with van der Waals surface area (Å²) in [4.78, 5) is 39.6. The summed E-state index contributed by atoms with van der Waals surface area (Å²) in [5.41, 5.74) is 3.22. The Morgan fingerprint density at radius 1 is 1.13 bits per heavy atom. The zero-order valence-corrected chi connectivity index (χ0v) is 24.7. The molecule has 5 rings (SSSR count). The number of ether oxygens (including phenoxy) is 1. The number of aliphatic hydroxyl groups excluding tert-OH is 2. The number of hydrogen-bond donors (Lipinski definition) is 6. The first-order valence-electron chi connectivity index (χ1n) is 14.3. The largest absolute Gasteiger partial charge is 0.508 e. The van der Waals surface area contributed by atoms with Crippen LogP contribution in [0.3, 0.4) is 0 Å². The van der Waals surface area contributed by atoms with Crippen LogP contribution < -0.4 is 15.8 Å². The van der Waals surface area contributed by atoms with Crippen LogP contribution in [0.15, 0.2) is 47.2 Å². The van der Waals surface area contributed by atoms with E-state index in [1.807, 2.05) is 0 Å². The van der Waals surface area contributed by atoms with E-state index >= 15 is 0 Å². The van der Waals surface area contributed by atoms with Crippen molar-refractivity contribution in [3.05, 3.63) is 63.9 Å². The van der Waals surface area contributed by atoms with Crippen molar-refractivity contribution in [2.24, 2.45) is 29.4 Å². The lowest BCUT2D eigenvalue weighted by Gasteiger charge is -2.50. The summed E-state index contributed by atoms with van der Waals surface area (Å²) in [5, 5.41) is 47.5. The molecule has 3 aliphatic carbocycles. The van der Waals surface area contributed by atoms with Gasteiger partial charge in [0.15, 0.2) is 11.4 Å². The normalized spacial score (nSPS) is 24.8. The molecule has 10 nitrogen and oxygen atoms in total. The average molecular weight is 631 g/mol. The number of fused-ring (bicyclic) bond motifs is 3. The van der Waals surface area contributed by atoms with E-state index in [4.69, 9.17) is 10.5 Å². The number of nitrogens with two attached hydrogens (primary N) is 1. The van der Waals surface area contributed by atoms with E-state index in [9.17, 15) is 48.0 Å². The fourth-order valence-corrected chi connectivity index (χ4v) is 7.16. The maximum atomic E-state index is 14.1. The molecule has 0 unspecified atom stereocenters. The third-order valence-electron chi connectivity index (χ3n) is 9.06. The van der Waals surface area contributed by atoms with E-state index in [2.05, 4.69) is 5.32 Å². The first kappa shape index (κ1) is 32.0. The topological polar surface area (TPSA) is 179 Å². The summed E-state index contributed by atoms with van der Waals surface area (Å²) in [6.07, 6.45) is -4.41. The number of phenolic OH excluding ortho intramolecular Hbond substituents is 1. The summed E-state index contributed by atoms with van der Waals surface area (Å²) in [7, 11) is 1.41. The molecule has 2 aromatic carbocycles. The maximum Gasteiger partial charge on any atom is 0.401 e. The van der Waals surface area contributed by atoms with Crippen LogP contribution in [0.1, 0.15) is 37.0 Å². The lowest BCUT2D eigenvalue weighted by molar-refractivity contribution is -0.155. The highest BCUT2D eigenvalue weighted by atomic mass is 19.4.